The van der Waals surface area contributed by atoms with Gasteiger partial charge in [-0.3, -0.25) is 4.79 Å². The molecule has 1 amide bonds. The van der Waals surface area contributed by atoms with Gasteiger partial charge in [0.2, 0.25) is 5.91 Å². The molecule has 0 rings (SSSR count). The van der Waals surface area contributed by atoms with Crippen LogP contribution in [0.3, 0.4) is 0 Å². The first-order valence-corrected chi connectivity index (χ1v) is 5.06. The Morgan fingerprint density at radius 3 is 2.71 bits per heavy atom. The van der Waals surface area contributed by atoms with Crippen molar-refractivity contribution in [1.82, 2.24) is 4.90 Å². The van der Waals surface area contributed by atoms with E-state index in [1.54, 1.807) is 12.0 Å². The van der Waals surface area contributed by atoms with E-state index in [0.717, 1.165) is 19.4 Å². The van der Waals surface area contributed by atoms with Crippen LogP contribution in [0.4, 0.5) is 0 Å². The molecule has 0 aliphatic heterocycles. The fraction of sp³-hybridized carbons (Fsp3) is 0.900. The third kappa shape index (κ3) is 6.86. The van der Waals surface area contributed by atoms with Crippen LogP contribution < -0.4 is 5.73 Å². The van der Waals surface area contributed by atoms with Crippen LogP contribution in [-0.2, 0) is 9.53 Å². The molecule has 0 aromatic carbocycles. The van der Waals surface area contributed by atoms with E-state index in [0.29, 0.717) is 13.0 Å². The maximum Gasteiger partial charge on any atom is 0.222 e. The molecule has 0 aliphatic rings. The van der Waals surface area contributed by atoms with Crippen molar-refractivity contribution >= 4 is 5.91 Å². The molecule has 0 spiro atoms. The Bertz CT molecular complexity index is 160. The van der Waals surface area contributed by atoms with Gasteiger partial charge in [0.1, 0.15) is 0 Å². The number of ether oxygens (including phenoxy) is 1. The molecule has 1 unspecified atom stereocenters. The summed E-state index contributed by atoms with van der Waals surface area (Å²) in [6, 6.07) is 0.103. The van der Waals surface area contributed by atoms with Crippen molar-refractivity contribution < 1.29 is 9.53 Å². The van der Waals surface area contributed by atoms with Gasteiger partial charge >= 0.3 is 0 Å². The van der Waals surface area contributed by atoms with E-state index < -0.39 is 0 Å². The van der Waals surface area contributed by atoms with Crippen LogP contribution in [0.5, 0.6) is 0 Å². The predicted octanol–water partition coefficient (Wildman–Crippen LogP) is 0.609. The van der Waals surface area contributed by atoms with Gasteiger partial charge in [-0.05, 0) is 19.8 Å². The summed E-state index contributed by atoms with van der Waals surface area (Å²) in [4.78, 5) is 13.2. The molecule has 4 heteroatoms. The van der Waals surface area contributed by atoms with Crippen LogP contribution >= 0.6 is 0 Å². The number of hydrogen-bond donors (Lipinski definition) is 1. The molecule has 0 aliphatic carbocycles. The SMILES string of the molecule is COCCCN(C)C(=O)CCC(C)N. The molecule has 0 heterocycles. The molecule has 14 heavy (non-hydrogen) atoms. The maximum absolute atomic E-state index is 11.5. The molecule has 0 saturated carbocycles. The van der Waals surface area contributed by atoms with Crippen molar-refractivity contribution in [3.05, 3.63) is 0 Å². The van der Waals surface area contributed by atoms with E-state index in [-0.39, 0.29) is 11.9 Å². The van der Waals surface area contributed by atoms with Gasteiger partial charge in [0, 0.05) is 39.8 Å². The minimum absolute atomic E-state index is 0.103. The van der Waals surface area contributed by atoms with E-state index in [1.165, 1.54) is 0 Å². The van der Waals surface area contributed by atoms with Crippen LogP contribution in [0.2, 0.25) is 0 Å². The maximum atomic E-state index is 11.5. The normalized spacial score (nSPS) is 12.6. The molecule has 1 atom stereocenters. The number of amides is 1. The molecule has 0 bridgehead atoms. The lowest BCUT2D eigenvalue weighted by Crippen LogP contribution is -2.29. The van der Waals surface area contributed by atoms with Gasteiger partial charge in [0.25, 0.3) is 0 Å². The summed E-state index contributed by atoms with van der Waals surface area (Å²) in [5.41, 5.74) is 5.57. The first kappa shape index (κ1) is 13.4. The average Bonchev–Trinajstić information content (AvgIpc) is 2.14. The van der Waals surface area contributed by atoms with Crippen LogP contribution in [0, 0.1) is 0 Å². The highest BCUT2D eigenvalue weighted by molar-refractivity contribution is 5.75. The predicted molar refractivity (Wildman–Crippen MR) is 57.0 cm³/mol. The van der Waals surface area contributed by atoms with Crippen molar-refractivity contribution in [3.8, 4) is 0 Å². The van der Waals surface area contributed by atoms with Gasteiger partial charge in [-0.1, -0.05) is 0 Å². The largest absolute Gasteiger partial charge is 0.385 e. The highest BCUT2D eigenvalue weighted by Crippen LogP contribution is 1.99. The zero-order valence-electron chi connectivity index (χ0n) is 9.45. The molecule has 0 saturated heterocycles. The molecule has 0 aromatic rings. The van der Waals surface area contributed by atoms with Crippen molar-refractivity contribution in [2.45, 2.75) is 32.2 Å². The lowest BCUT2D eigenvalue weighted by molar-refractivity contribution is -0.130. The van der Waals surface area contributed by atoms with Crippen molar-refractivity contribution in [3.63, 3.8) is 0 Å². The summed E-state index contributed by atoms with van der Waals surface area (Å²) in [6.07, 6.45) is 2.19. The van der Waals surface area contributed by atoms with Gasteiger partial charge in [-0.2, -0.15) is 0 Å². The van der Waals surface area contributed by atoms with E-state index >= 15 is 0 Å². The number of methoxy groups -OCH3 is 1. The van der Waals surface area contributed by atoms with Gasteiger partial charge in [0.05, 0.1) is 0 Å². The van der Waals surface area contributed by atoms with Crippen LogP contribution in [0.15, 0.2) is 0 Å². The lowest BCUT2D eigenvalue weighted by Gasteiger charge is -2.17. The highest BCUT2D eigenvalue weighted by Gasteiger charge is 2.08. The fourth-order valence-corrected chi connectivity index (χ4v) is 1.11. The number of nitrogens with two attached hydrogens (primary N) is 1. The first-order valence-electron chi connectivity index (χ1n) is 5.06. The number of carbonyl (C=O) groups excluding carboxylic acids is 1. The van der Waals surface area contributed by atoms with Gasteiger partial charge in [-0.15, -0.1) is 0 Å². The molecule has 84 valence electrons. The molecular formula is C10H22N2O2. The van der Waals surface area contributed by atoms with Gasteiger partial charge in [0.15, 0.2) is 0 Å². The van der Waals surface area contributed by atoms with Crippen molar-refractivity contribution in [1.29, 1.82) is 0 Å². The number of nitrogens with zero attached hydrogens (tertiary/aromatic N) is 1. The van der Waals surface area contributed by atoms with Crippen LogP contribution in [-0.4, -0.2) is 44.2 Å². The van der Waals surface area contributed by atoms with E-state index in [1.807, 2.05) is 14.0 Å². The third-order valence-electron chi connectivity index (χ3n) is 2.08. The Kier molecular flexibility index (Phi) is 7.42. The standard InChI is InChI=1S/C10H22N2O2/c1-9(11)5-6-10(13)12(2)7-4-8-14-3/h9H,4-8,11H2,1-3H3. The zero-order chi connectivity index (χ0) is 11.0. The first-order chi connectivity index (χ1) is 6.57. The Labute approximate surface area is 86.4 Å². The van der Waals surface area contributed by atoms with Crippen molar-refractivity contribution in [2.75, 3.05) is 27.3 Å². The van der Waals surface area contributed by atoms with E-state index in [2.05, 4.69) is 0 Å². The zero-order valence-corrected chi connectivity index (χ0v) is 9.45. The van der Waals surface area contributed by atoms with Gasteiger partial charge in [-0.25, -0.2) is 0 Å². The van der Waals surface area contributed by atoms with E-state index in [9.17, 15) is 4.79 Å². The monoisotopic (exact) mass is 202 g/mol. The fourth-order valence-electron chi connectivity index (χ4n) is 1.11. The summed E-state index contributed by atoms with van der Waals surface area (Å²) in [5, 5.41) is 0. The minimum Gasteiger partial charge on any atom is -0.385 e. The van der Waals surface area contributed by atoms with Crippen LogP contribution in [0.1, 0.15) is 26.2 Å². The summed E-state index contributed by atoms with van der Waals surface area (Å²) in [7, 11) is 3.48. The Hall–Kier alpha value is -0.610. The second kappa shape index (κ2) is 7.76. The highest BCUT2D eigenvalue weighted by atomic mass is 16.5. The topological polar surface area (TPSA) is 55.6 Å². The number of carbonyl (C=O) groups is 1. The second-order valence-corrected chi connectivity index (χ2v) is 3.68. The molecule has 0 radical (unpaired) electrons. The van der Waals surface area contributed by atoms with E-state index in [4.69, 9.17) is 10.5 Å². The Morgan fingerprint density at radius 1 is 1.57 bits per heavy atom. The lowest BCUT2D eigenvalue weighted by atomic mass is 10.2. The Balaban J connectivity index is 3.54. The van der Waals surface area contributed by atoms with Crippen molar-refractivity contribution in [2.24, 2.45) is 5.73 Å². The summed E-state index contributed by atoms with van der Waals surface area (Å²) in [6.45, 7) is 3.37. The smallest absolute Gasteiger partial charge is 0.222 e. The minimum atomic E-state index is 0.103. The Morgan fingerprint density at radius 2 is 2.21 bits per heavy atom. The molecule has 2 N–H and O–H groups in total. The molecule has 0 aromatic heterocycles. The summed E-state index contributed by atoms with van der Waals surface area (Å²) >= 11 is 0. The molecular weight excluding hydrogens is 180 g/mol. The quantitative estimate of drug-likeness (QED) is 0.615. The van der Waals surface area contributed by atoms with Gasteiger partial charge < -0.3 is 15.4 Å². The molecule has 0 fully saturated rings. The summed E-state index contributed by atoms with van der Waals surface area (Å²) < 4.78 is 4.91. The summed E-state index contributed by atoms with van der Waals surface area (Å²) in [5.74, 6) is 0.165. The number of rotatable bonds is 7. The molecule has 4 nitrogen and oxygen atoms in total. The van der Waals surface area contributed by atoms with Crippen LogP contribution in [0.25, 0.3) is 0 Å². The second-order valence-electron chi connectivity index (χ2n) is 3.68. The third-order valence-corrected chi connectivity index (χ3v) is 2.08. The average molecular weight is 202 g/mol. The number of hydrogen-bond acceptors (Lipinski definition) is 3.